The average molecular weight is 292 g/mol. The van der Waals surface area contributed by atoms with E-state index in [1.807, 2.05) is 0 Å². The van der Waals surface area contributed by atoms with E-state index in [2.05, 4.69) is 21.7 Å². The molecule has 2 heterocycles. The number of nitrogen functional groups attached to an aromatic ring is 1. The Labute approximate surface area is 125 Å². The molecule has 1 aromatic rings. The van der Waals surface area contributed by atoms with Gasteiger partial charge >= 0.3 is 5.97 Å². The first-order valence-corrected chi connectivity index (χ1v) is 7.55. The summed E-state index contributed by atoms with van der Waals surface area (Å²) in [5, 5.41) is 0. The lowest BCUT2D eigenvalue weighted by Gasteiger charge is -2.35. The Bertz CT molecular complexity index is 485. The van der Waals surface area contributed by atoms with Crippen molar-refractivity contribution in [1.29, 1.82) is 0 Å². The van der Waals surface area contributed by atoms with Crippen molar-refractivity contribution < 1.29 is 9.53 Å². The second kappa shape index (κ2) is 7.26. The summed E-state index contributed by atoms with van der Waals surface area (Å²) in [6.07, 6.45) is 2.75. The van der Waals surface area contributed by atoms with E-state index in [0.29, 0.717) is 23.7 Å². The highest BCUT2D eigenvalue weighted by Gasteiger charge is 2.23. The number of anilines is 2. The van der Waals surface area contributed by atoms with Crippen molar-refractivity contribution in [2.45, 2.75) is 20.3 Å². The summed E-state index contributed by atoms with van der Waals surface area (Å²) in [4.78, 5) is 21.0. The predicted octanol–water partition coefficient (Wildman–Crippen LogP) is 1.37. The zero-order valence-electron chi connectivity index (χ0n) is 12.8. The Kier molecular flexibility index (Phi) is 5.38. The van der Waals surface area contributed by atoms with Crippen LogP contribution in [0, 0.1) is 0 Å². The Hall–Kier alpha value is -1.82. The Morgan fingerprint density at radius 2 is 2.05 bits per heavy atom. The number of nitrogens with zero attached hydrogens (tertiary/aromatic N) is 3. The van der Waals surface area contributed by atoms with Crippen LogP contribution in [0.1, 0.15) is 30.6 Å². The van der Waals surface area contributed by atoms with Gasteiger partial charge in [-0.05, 0) is 26.0 Å². The van der Waals surface area contributed by atoms with Crippen molar-refractivity contribution in [3.8, 4) is 0 Å². The fourth-order valence-electron chi connectivity index (χ4n) is 2.58. The molecular weight excluding hydrogens is 268 g/mol. The van der Waals surface area contributed by atoms with E-state index in [9.17, 15) is 4.79 Å². The molecule has 2 N–H and O–H groups in total. The van der Waals surface area contributed by atoms with Gasteiger partial charge in [0, 0.05) is 26.2 Å². The van der Waals surface area contributed by atoms with Gasteiger partial charge in [-0.3, -0.25) is 4.90 Å². The van der Waals surface area contributed by atoms with Gasteiger partial charge in [-0.25, -0.2) is 9.78 Å². The second-order valence-corrected chi connectivity index (χ2v) is 5.19. The standard InChI is InChI=1S/C15H24N4O2/c1-3-5-18-6-8-19(9-7-18)14-13(15(20)21-4-2)10-12(16)11-17-14/h10-11H,3-9,16H2,1-2H3. The van der Waals surface area contributed by atoms with E-state index in [1.165, 1.54) is 0 Å². The van der Waals surface area contributed by atoms with Crippen molar-refractivity contribution in [3.63, 3.8) is 0 Å². The molecule has 2 rings (SSSR count). The normalized spacial score (nSPS) is 16.0. The van der Waals surface area contributed by atoms with Crippen molar-refractivity contribution >= 4 is 17.5 Å². The number of carbonyl (C=O) groups is 1. The first-order chi connectivity index (χ1) is 10.2. The number of nitrogens with two attached hydrogens (primary N) is 1. The van der Waals surface area contributed by atoms with Crippen molar-refractivity contribution in [3.05, 3.63) is 17.8 Å². The number of ether oxygens (including phenoxy) is 1. The summed E-state index contributed by atoms with van der Waals surface area (Å²) in [6.45, 7) is 9.15. The van der Waals surface area contributed by atoms with Crippen LogP contribution in [0.5, 0.6) is 0 Å². The number of hydrogen-bond donors (Lipinski definition) is 1. The molecule has 0 saturated carbocycles. The second-order valence-electron chi connectivity index (χ2n) is 5.19. The van der Waals surface area contributed by atoms with Crippen LogP contribution in [0.25, 0.3) is 0 Å². The molecule has 6 heteroatoms. The molecule has 6 nitrogen and oxygen atoms in total. The minimum Gasteiger partial charge on any atom is -0.462 e. The molecule has 0 aliphatic carbocycles. The van der Waals surface area contributed by atoms with Gasteiger partial charge in [-0.2, -0.15) is 0 Å². The molecule has 1 aromatic heterocycles. The third-order valence-corrected chi connectivity index (χ3v) is 3.59. The Morgan fingerprint density at radius 3 is 2.67 bits per heavy atom. The van der Waals surface area contributed by atoms with Crippen LogP contribution in [0.15, 0.2) is 12.3 Å². The van der Waals surface area contributed by atoms with Crippen LogP contribution in [-0.2, 0) is 4.74 Å². The van der Waals surface area contributed by atoms with Gasteiger partial charge in [-0.15, -0.1) is 0 Å². The smallest absolute Gasteiger partial charge is 0.341 e. The molecule has 1 saturated heterocycles. The first-order valence-electron chi connectivity index (χ1n) is 7.55. The third kappa shape index (κ3) is 3.85. The number of esters is 1. The molecule has 0 aromatic carbocycles. The van der Waals surface area contributed by atoms with Gasteiger partial charge in [-0.1, -0.05) is 6.92 Å². The molecule has 1 aliphatic rings. The number of piperazine rings is 1. The monoisotopic (exact) mass is 292 g/mol. The highest BCUT2D eigenvalue weighted by Crippen LogP contribution is 2.22. The Morgan fingerprint density at radius 1 is 1.33 bits per heavy atom. The highest BCUT2D eigenvalue weighted by atomic mass is 16.5. The summed E-state index contributed by atoms with van der Waals surface area (Å²) in [5.74, 6) is 0.321. The number of rotatable bonds is 5. The molecule has 0 atom stereocenters. The minimum atomic E-state index is -0.358. The summed E-state index contributed by atoms with van der Waals surface area (Å²) < 4.78 is 5.10. The van der Waals surface area contributed by atoms with Gasteiger partial charge in [0.1, 0.15) is 11.4 Å². The van der Waals surface area contributed by atoms with Crippen LogP contribution in [0.4, 0.5) is 11.5 Å². The van der Waals surface area contributed by atoms with Crippen LogP contribution >= 0.6 is 0 Å². The number of pyridine rings is 1. The van der Waals surface area contributed by atoms with Crippen LogP contribution in [0.3, 0.4) is 0 Å². The Balaban J connectivity index is 2.14. The van der Waals surface area contributed by atoms with Gasteiger partial charge in [0.05, 0.1) is 18.5 Å². The van der Waals surface area contributed by atoms with E-state index < -0.39 is 0 Å². The van der Waals surface area contributed by atoms with Gasteiger partial charge in [0.15, 0.2) is 0 Å². The molecule has 21 heavy (non-hydrogen) atoms. The molecular formula is C15H24N4O2. The topological polar surface area (TPSA) is 71.7 Å². The maximum absolute atomic E-state index is 12.1. The van der Waals surface area contributed by atoms with E-state index >= 15 is 0 Å². The SMILES string of the molecule is CCCN1CCN(c2ncc(N)cc2C(=O)OCC)CC1. The fraction of sp³-hybridized carbons (Fsp3) is 0.600. The van der Waals surface area contributed by atoms with Crippen molar-refractivity contribution in [2.24, 2.45) is 0 Å². The molecule has 0 spiro atoms. The number of aromatic nitrogens is 1. The first kappa shape index (κ1) is 15.6. The molecule has 0 amide bonds. The van der Waals surface area contributed by atoms with Crippen LogP contribution < -0.4 is 10.6 Å². The lowest BCUT2D eigenvalue weighted by molar-refractivity contribution is 0.0526. The van der Waals surface area contributed by atoms with E-state index in [-0.39, 0.29) is 5.97 Å². The zero-order chi connectivity index (χ0) is 15.2. The maximum Gasteiger partial charge on any atom is 0.341 e. The largest absolute Gasteiger partial charge is 0.462 e. The molecule has 0 radical (unpaired) electrons. The van der Waals surface area contributed by atoms with E-state index in [0.717, 1.165) is 39.1 Å². The molecule has 0 unspecified atom stereocenters. The predicted molar refractivity (Wildman–Crippen MR) is 83.5 cm³/mol. The summed E-state index contributed by atoms with van der Waals surface area (Å²) in [5.41, 5.74) is 6.69. The molecule has 0 bridgehead atoms. The number of hydrogen-bond acceptors (Lipinski definition) is 6. The van der Waals surface area contributed by atoms with Crippen LogP contribution in [-0.4, -0.2) is 55.2 Å². The highest BCUT2D eigenvalue weighted by molar-refractivity contribution is 5.95. The summed E-state index contributed by atoms with van der Waals surface area (Å²) in [6, 6.07) is 1.65. The third-order valence-electron chi connectivity index (χ3n) is 3.59. The van der Waals surface area contributed by atoms with Gasteiger partial charge in [0.25, 0.3) is 0 Å². The lowest BCUT2D eigenvalue weighted by atomic mass is 10.2. The fourth-order valence-corrected chi connectivity index (χ4v) is 2.58. The average Bonchev–Trinajstić information content (AvgIpc) is 2.49. The van der Waals surface area contributed by atoms with Gasteiger partial charge in [0.2, 0.25) is 0 Å². The summed E-state index contributed by atoms with van der Waals surface area (Å²) >= 11 is 0. The van der Waals surface area contributed by atoms with E-state index in [1.54, 1.807) is 19.2 Å². The van der Waals surface area contributed by atoms with Crippen LogP contribution in [0.2, 0.25) is 0 Å². The molecule has 1 aliphatic heterocycles. The van der Waals surface area contributed by atoms with Crippen molar-refractivity contribution in [1.82, 2.24) is 9.88 Å². The zero-order valence-corrected chi connectivity index (χ0v) is 12.8. The lowest BCUT2D eigenvalue weighted by Crippen LogP contribution is -2.47. The minimum absolute atomic E-state index is 0.345. The maximum atomic E-state index is 12.1. The van der Waals surface area contributed by atoms with Gasteiger partial charge < -0.3 is 15.4 Å². The molecule has 1 fully saturated rings. The molecule has 116 valence electrons. The number of carbonyl (C=O) groups excluding carboxylic acids is 1. The van der Waals surface area contributed by atoms with E-state index in [4.69, 9.17) is 10.5 Å². The summed E-state index contributed by atoms with van der Waals surface area (Å²) in [7, 11) is 0. The van der Waals surface area contributed by atoms with Crippen molar-refractivity contribution in [2.75, 3.05) is 50.0 Å². The quantitative estimate of drug-likeness (QED) is 0.827.